The third-order valence-corrected chi connectivity index (χ3v) is 3.54. The standard InChI is InChI=1S/C16H25ClN2O/c1-12(2)6-9-19(10-7-13(3)4)16(20)14-5-8-18-11-15(14)17/h5,8,11-13H,6-7,9-10H2,1-4H3. The molecule has 0 aliphatic rings. The number of halogens is 1. The van der Waals surface area contributed by atoms with Crippen LogP contribution in [-0.2, 0) is 0 Å². The number of rotatable bonds is 7. The van der Waals surface area contributed by atoms with Gasteiger partial charge in [0.2, 0.25) is 0 Å². The quantitative estimate of drug-likeness (QED) is 0.753. The number of hydrogen-bond donors (Lipinski definition) is 0. The number of carbonyl (C=O) groups excluding carboxylic acids is 1. The third-order valence-electron chi connectivity index (χ3n) is 3.24. The van der Waals surface area contributed by atoms with E-state index in [1.807, 2.05) is 4.90 Å². The van der Waals surface area contributed by atoms with E-state index in [-0.39, 0.29) is 5.91 Å². The molecule has 1 aromatic heterocycles. The summed E-state index contributed by atoms with van der Waals surface area (Å²) in [6.07, 6.45) is 5.15. The van der Waals surface area contributed by atoms with Gasteiger partial charge in [-0.3, -0.25) is 9.78 Å². The Hall–Kier alpha value is -1.09. The molecule has 1 heterocycles. The van der Waals surface area contributed by atoms with Crippen molar-refractivity contribution >= 4 is 17.5 Å². The molecule has 3 nitrogen and oxygen atoms in total. The monoisotopic (exact) mass is 296 g/mol. The minimum absolute atomic E-state index is 0.0127. The zero-order valence-corrected chi connectivity index (χ0v) is 13.7. The molecule has 20 heavy (non-hydrogen) atoms. The van der Waals surface area contributed by atoms with Crippen LogP contribution in [0.5, 0.6) is 0 Å². The first-order valence-corrected chi connectivity index (χ1v) is 7.68. The molecule has 1 rings (SSSR count). The molecule has 0 saturated heterocycles. The van der Waals surface area contributed by atoms with Crippen LogP contribution in [0.2, 0.25) is 5.02 Å². The van der Waals surface area contributed by atoms with Gasteiger partial charge >= 0.3 is 0 Å². The van der Waals surface area contributed by atoms with Crippen molar-refractivity contribution in [1.82, 2.24) is 9.88 Å². The van der Waals surface area contributed by atoms with Crippen LogP contribution >= 0.6 is 11.6 Å². The van der Waals surface area contributed by atoms with E-state index in [1.165, 1.54) is 6.20 Å². The number of nitrogens with zero attached hydrogens (tertiary/aromatic N) is 2. The summed E-state index contributed by atoms with van der Waals surface area (Å²) in [5, 5.41) is 0.427. The summed E-state index contributed by atoms with van der Waals surface area (Å²) < 4.78 is 0. The van der Waals surface area contributed by atoms with Gasteiger partial charge in [-0.2, -0.15) is 0 Å². The molecular formula is C16H25ClN2O. The fraction of sp³-hybridized carbons (Fsp3) is 0.625. The van der Waals surface area contributed by atoms with Gasteiger partial charge in [-0.15, -0.1) is 0 Å². The van der Waals surface area contributed by atoms with Crippen molar-refractivity contribution in [3.63, 3.8) is 0 Å². The highest BCUT2D eigenvalue weighted by Gasteiger charge is 2.18. The van der Waals surface area contributed by atoms with Crippen molar-refractivity contribution in [2.75, 3.05) is 13.1 Å². The Balaban J connectivity index is 2.80. The largest absolute Gasteiger partial charge is 0.339 e. The van der Waals surface area contributed by atoms with Crippen LogP contribution in [0.4, 0.5) is 0 Å². The second-order valence-corrected chi connectivity index (χ2v) is 6.42. The van der Waals surface area contributed by atoms with Crippen LogP contribution in [0.3, 0.4) is 0 Å². The van der Waals surface area contributed by atoms with Crippen molar-refractivity contribution < 1.29 is 4.79 Å². The highest BCUT2D eigenvalue weighted by molar-refractivity contribution is 6.33. The highest BCUT2D eigenvalue weighted by Crippen LogP contribution is 2.17. The molecule has 0 spiro atoms. The fourth-order valence-corrected chi connectivity index (χ4v) is 2.06. The number of aromatic nitrogens is 1. The number of amides is 1. The first kappa shape index (κ1) is 17.0. The number of carbonyl (C=O) groups is 1. The molecule has 0 fully saturated rings. The maximum absolute atomic E-state index is 12.6. The molecule has 0 radical (unpaired) electrons. The van der Waals surface area contributed by atoms with Gasteiger partial charge in [-0.1, -0.05) is 39.3 Å². The third kappa shape index (κ3) is 5.49. The van der Waals surface area contributed by atoms with Gasteiger partial charge < -0.3 is 4.90 Å². The second kappa shape index (κ2) is 8.25. The van der Waals surface area contributed by atoms with Crippen molar-refractivity contribution in [3.05, 3.63) is 29.0 Å². The van der Waals surface area contributed by atoms with Crippen molar-refractivity contribution in [3.8, 4) is 0 Å². The van der Waals surface area contributed by atoms with E-state index in [9.17, 15) is 4.79 Å². The highest BCUT2D eigenvalue weighted by atomic mass is 35.5. The average molecular weight is 297 g/mol. The molecule has 0 aromatic carbocycles. The lowest BCUT2D eigenvalue weighted by Gasteiger charge is -2.25. The van der Waals surface area contributed by atoms with Crippen LogP contribution in [0.15, 0.2) is 18.5 Å². The van der Waals surface area contributed by atoms with Crippen LogP contribution < -0.4 is 0 Å². The fourth-order valence-electron chi connectivity index (χ4n) is 1.86. The number of pyridine rings is 1. The van der Waals surface area contributed by atoms with Crippen LogP contribution in [0.1, 0.15) is 50.9 Å². The summed E-state index contributed by atoms with van der Waals surface area (Å²) in [6.45, 7) is 10.2. The van der Waals surface area contributed by atoms with Crippen LogP contribution in [0, 0.1) is 11.8 Å². The SMILES string of the molecule is CC(C)CCN(CCC(C)C)C(=O)c1ccncc1Cl. The first-order chi connectivity index (χ1) is 9.41. The van der Waals surface area contributed by atoms with E-state index in [4.69, 9.17) is 11.6 Å². The Bertz CT molecular complexity index is 420. The minimum atomic E-state index is 0.0127. The van der Waals surface area contributed by atoms with Gasteiger partial charge in [-0.05, 0) is 30.7 Å². The van der Waals surface area contributed by atoms with E-state index in [0.29, 0.717) is 22.4 Å². The first-order valence-electron chi connectivity index (χ1n) is 7.30. The summed E-state index contributed by atoms with van der Waals surface area (Å²) in [5.41, 5.74) is 0.550. The van der Waals surface area contributed by atoms with E-state index >= 15 is 0 Å². The zero-order chi connectivity index (χ0) is 15.1. The van der Waals surface area contributed by atoms with Crippen molar-refractivity contribution in [2.45, 2.75) is 40.5 Å². The molecule has 0 bridgehead atoms. The predicted octanol–water partition coefficient (Wildman–Crippen LogP) is 4.27. The van der Waals surface area contributed by atoms with Crippen molar-refractivity contribution in [2.24, 2.45) is 11.8 Å². The molecule has 0 aliphatic carbocycles. The zero-order valence-electron chi connectivity index (χ0n) is 12.9. The molecule has 0 N–H and O–H groups in total. The van der Waals surface area contributed by atoms with Gasteiger partial charge in [-0.25, -0.2) is 0 Å². The summed E-state index contributed by atoms with van der Waals surface area (Å²) in [7, 11) is 0. The molecule has 0 atom stereocenters. The molecule has 1 aromatic rings. The summed E-state index contributed by atoms with van der Waals surface area (Å²) >= 11 is 6.08. The molecule has 4 heteroatoms. The van der Waals surface area contributed by atoms with Gasteiger partial charge in [0.15, 0.2) is 0 Å². The van der Waals surface area contributed by atoms with Gasteiger partial charge in [0, 0.05) is 25.5 Å². The smallest absolute Gasteiger partial charge is 0.255 e. The normalized spacial score (nSPS) is 11.2. The topological polar surface area (TPSA) is 33.2 Å². The molecular weight excluding hydrogens is 272 g/mol. The maximum atomic E-state index is 12.6. The Morgan fingerprint density at radius 2 is 1.75 bits per heavy atom. The molecule has 0 saturated carbocycles. The molecule has 1 amide bonds. The Morgan fingerprint density at radius 3 is 2.20 bits per heavy atom. The van der Waals surface area contributed by atoms with E-state index < -0.39 is 0 Å². The average Bonchev–Trinajstić information content (AvgIpc) is 2.38. The van der Waals surface area contributed by atoms with Crippen LogP contribution in [-0.4, -0.2) is 28.9 Å². The predicted molar refractivity (Wildman–Crippen MR) is 84.1 cm³/mol. The number of hydrogen-bond acceptors (Lipinski definition) is 2. The van der Waals surface area contributed by atoms with Gasteiger partial charge in [0.25, 0.3) is 5.91 Å². The lowest BCUT2D eigenvalue weighted by Crippen LogP contribution is -2.34. The van der Waals surface area contributed by atoms with Gasteiger partial charge in [0.1, 0.15) is 0 Å². The van der Waals surface area contributed by atoms with E-state index in [0.717, 1.165) is 25.9 Å². The van der Waals surface area contributed by atoms with Crippen LogP contribution in [0.25, 0.3) is 0 Å². The summed E-state index contributed by atoms with van der Waals surface area (Å²) in [5.74, 6) is 1.17. The molecule has 0 aliphatic heterocycles. The van der Waals surface area contributed by atoms with Crippen molar-refractivity contribution in [1.29, 1.82) is 0 Å². The summed E-state index contributed by atoms with van der Waals surface area (Å²) in [4.78, 5) is 18.5. The minimum Gasteiger partial charge on any atom is -0.339 e. The molecule has 112 valence electrons. The Morgan fingerprint density at radius 1 is 1.20 bits per heavy atom. The van der Waals surface area contributed by atoms with Gasteiger partial charge in [0.05, 0.1) is 10.6 Å². The lowest BCUT2D eigenvalue weighted by molar-refractivity contribution is 0.0741. The van der Waals surface area contributed by atoms with E-state index in [2.05, 4.69) is 32.7 Å². The maximum Gasteiger partial charge on any atom is 0.255 e. The Kier molecular flexibility index (Phi) is 7.00. The molecule has 0 unspecified atom stereocenters. The second-order valence-electron chi connectivity index (χ2n) is 6.01. The lowest BCUT2D eigenvalue weighted by atomic mass is 10.1. The summed E-state index contributed by atoms with van der Waals surface area (Å²) in [6, 6.07) is 1.70. The Labute approximate surface area is 127 Å². The van der Waals surface area contributed by atoms with E-state index in [1.54, 1.807) is 12.3 Å².